The summed E-state index contributed by atoms with van der Waals surface area (Å²) in [5.41, 5.74) is 5.78. The van der Waals surface area contributed by atoms with Crippen LogP contribution in [0.3, 0.4) is 0 Å². The van der Waals surface area contributed by atoms with E-state index in [9.17, 15) is 13.6 Å². The Morgan fingerprint density at radius 2 is 2.06 bits per heavy atom. The van der Waals surface area contributed by atoms with E-state index in [-0.39, 0.29) is 17.2 Å². The smallest absolute Gasteiger partial charge is 0.254 e. The number of carbonyl (C=O) groups is 1. The van der Waals surface area contributed by atoms with Crippen molar-refractivity contribution in [2.45, 2.75) is 25.8 Å². The van der Waals surface area contributed by atoms with Gasteiger partial charge in [-0.2, -0.15) is 0 Å². The topological polar surface area (TPSA) is 55.1 Å². The predicted octanol–water partition coefficient (Wildman–Crippen LogP) is 1.74. The second-order valence-electron chi connectivity index (χ2n) is 4.89. The summed E-state index contributed by atoms with van der Waals surface area (Å²) in [5.74, 6) is -1.61. The lowest BCUT2D eigenvalue weighted by atomic mass is 9.81. The molecule has 0 atom stereocenters. The van der Waals surface area contributed by atoms with Crippen LogP contribution < -0.4 is 11.1 Å². The Balaban J connectivity index is 1.98. The van der Waals surface area contributed by atoms with E-state index in [0.29, 0.717) is 12.5 Å². The molecule has 18 heavy (non-hydrogen) atoms. The third-order valence-corrected chi connectivity index (χ3v) is 3.32. The standard InChI is InChI=1S/C13H16F2N2O/c1-7-2-10(12(15)5-11(7)14)13(18)17-6-8-3-9(16)4-8/h2,5,8-9H,3-4,6,16H2,1H3,(H,17,18). The van der Waals surface area contributed by atoms with Gasteiger partial charge in [-0.15, -0.1) is 0 Å². The molecule has 1 aliphatic carbocycles. The molecule has 0 heterocycles. The molecular formula is C13H16F2N2O. The lowest BCUT2D eigenvalue weighted by Crippen LogP contribution is -2.42. The fraction of sp³-hybridized carbons (Fsp3) is 0.462. The number of benzene rings is 1. The summed E-state index contributed by atoms with van der Waals surface area (Å²) in [6.45, 7) is 1.99. The van der Waals surface area contributed by atoms with Gasteiger partial charge in [-0.3, -0.25) is 4.79 Å². The van der Waals surface area contributed by atoms with Crippen LogP contribution >= 0.6 is 0 Å². The average Bonchev–Trinajstić information content (AvgIpc) is 2.27. The molecule has 1 aliphatic rings. The number of aryl methyl sites for hydroxylation is 1. The molecule has 1 aromatic carbocycles. The van der Waals surface area contributed by atoms with Crippen LogP contribution in [0.2, 0.25) is 0 Å². The maximum absolute atomic E-state index is 13.4. The van der Waals surface area contributed by atoms with Gasteiger partial charge < -0.3 is 11.1 Å². The van der Waals surface area contributed by atoms with E-state index in [0.717, 1.165) is 18.9 Å². The minimum Gasteiger partial charge on any atom is -0.352 e. The molecule has 0 unspecified atom stereocenters. The van der Waals surface area contributed by atoms with E-state index in [4.69, 9.17) is 5.73 Å². The van der Waals surface area contributed by atoms with E-state index in [1.165, 1.54) is 13.0 Å². The Morgan fingerprint density at radius 3 is 2.67 bits per heavy atom. The van der Waals surface area contributed by atoms with Gasteiger partial charge in [-0.05, 0) is 37.3 Å². The van der Waals surface area contributed by atoms with Gasteiger partial charge in [0.05, 0.1) is 5.56 Å². The first-order valence-electron chi connectivity index (χ1n) is 5.96. The number of nitrogens with one attached hydrogen (secondary N) is 1. The zero-order valence-electron chi connectivity index (χ0n) is 10.2. The fourth-order valence-corrected chi connectivity index (χ4v) is 2.12. The molecule has 0 bridgehead atoms. The molecular weight excluding hydrogens is 238 g/mol. The maximum atomic E-state index is 13.4. The van der Waals surface area contributed by atoms with Crippen LogP contribution in [0.15, 0.2) is 12.1 Å². The van der Waals surface area contributed by atoms with Crippen LogP contribution in [0.4, 0.5) is 8.78 Å². The first-order valence-corrected chi connectivity index (χ1v) is 5.96. The Kier molecular flexibility index (Phi) is 3.61. The lowest BCUT2D eigenvalue weighted by Gasteiger charge is -2.32. The zero-order valence-corrected chi connectivity index (χ0v) is 10.2. The molecule has 1 saturated carbocycles. The van der Waals surface area contributed by atoms with Crippen molar-refractivity contribution in [2.24, 2.45) is 11.7 Å². The van der Waals surface area contributed by atoms with Gasteiger partial charge >= 0.3 is 0 Å². The van der Waals surface area contributed by atoms with Gasteiger partial charge in [0.2, 0.25) is 0 Å². The zero-order chi connectivity index (χ0) is 13.3. The van der Waals surface area contributed by atoms with E-state index >= 15 is 0 Å². The number of hydrogen-bond acceptors (Lipinski definition) is 2. The van der Waals surface area contributed by atoms with Gasteiger partial charge in [0.15, 0.2) is 0 Å². The van der Waals surface area contributed by atoms with Crippen LogP contribution in [0.25, 0.3) is 0 Å². The normalized spacial score (nSPS) is 22.4. The molecule has 1 fully saturated rings. The van der Waals surface area contributed by atoms with Crippen LogP contribution in [0, 0.1) is 24.5 Å². The third-order valence-electron chi connectivity index (χ3n) is 3.32. The van der Waals surface area contributed by atoms with Gasteiger partial charge in [0.1, 0.15) is 11.6 Å². The number of carbonyl (C=O) groups excluding carboxylic acids is 1. The summed E-state index contributed by atoms with van der Waals surface area (Å²) in [4.78, 5) is 11.8. The average molecular weight is 254 g/mol. The Hall–Kier alpha value is -1.49. The highest BCUT2D eigenvalue weighted by molar-refractivity contribution is 5.94. The maximum Gasteiger partial charge on any atom is 0.254 e. The molecule has 3 N–H and O–H groups in total. The van der Waals surface area contributed by atoms with Crippen molar-refractivity contribution in [2.75, 3.05) is 6.54 Å². The van der Waals surface area contributed by atoms with Gasteiger partial charge in [-0.25, -0.2) is 8.78 Å². The lowest BCUT2D eigenvalue weighted by molar-refractivity contribution is 0.0931. The van der Waals surface area contributed by atoms with Crippen molar-refractivity contribution in [1.82, 2.24) is 5.32 Å². The quantitative estimate of drug-likeness (QED) is 0.863. The molecule has 1 aromatic rings. The van der Waals surface area contributed by atoms with Gasteiger partial charge in [0.25, 0.3) is 5.91 Å². The predicted molar refractivity (Wildman–Crippen MR) is 64.1 cm³/mol. The summed E-state index contributed by atoms with van der Waals surface area (Å²) in [6.07, 6.45) is 1.76. The molecule has 0 radical (unpaired) electrons. The van der Waals surface area contributed by atoms with Crippen molar-refractivity contribution in [3.63, 3.8) is 0 Å². The molecule has 0 saturated heterocycles. The Labute approximate surface area is 104 Å². The summed E-state index contributed by atoms with van der Waals surface area (Å²) in [5, 5.41) is 2.65. The molecule has 0 aromatic heterocycles. The van der Waals surface area contributed by atoms with Crippen molar-refractivity contribution in [3.05, 3.63) is 34.9 Å². The molecule has 1 amide bonds. The number of rotatable bonds is 3. The van der Waals surface area contributed by atoms with E-state index in [2.05, 4.69) is 5.32 Å². The van der Waals surface area contributed by atoms with Crippen LogP contribution in [-0.4, -0.2) is 18.5 Å². The van der Waals surface area contributed by atoms with Crippen LogP contribution in [0.1, 0.15) is 28.8 Å². The Morgan fingerprint density at radius 1 is 1.39 bits per heavy atom. The monoisotopic (exact) mass is 254 g/mol. The molecule has 98 valence electrons. The number of hydrogen-bond donors (Lipinski definition) is 2. The van der Waals surface area contributed by atoms with Crippen molar-refractivity contribution >= 4 is 5.91 Å². The van der Waals surface area contributed by atoms with E-state index in [1.807, 2.05) is 0 Å². The number of halogens is 2. The summed E-state index contributed by atoms with van der Waals surface area (Å²) in [6, 6.07) is 2.19. The SMILES string of the molecule is Cc1cc(C(=O)NCC2CC(N)C2)c(F)cc1F. The number of nitrogens with two attached hydrogens (primary N) is 1. The fourth-order valence-electron chi connectivity index (χ4n) is 2.12. The molecule has 0 aliphatic heterocycles. The van der Waals surface area contributed by atoms with Crippen LogP contribution in [-0.2, 0) is 0 Å². The van der Waals surface area contributed by atoms with Crippen molar-refractivity contribution in [3.8, 4) is 0 Å². The largest absolute Gasteiger partial charge is 0.352 e. The third kappa shape index (κ3) is 2.67. The highest BCUT2D eigenvalue weighted by atomic mass is 19.1. The van der Waals surface area contributed by atoms with E-state index < -0.39 is 17.5 Å². The Bertz CT molecular complexity index is 470. The molecule has 5 heteroatoms. The first kappa shape index (κ1) is 13.0. The molecule has 2 rings (SSSR count). The van der Waals surface area contributed by atoms with Crippen molar-refractivity contribution in [1.29, 1.82) is 0 Å². The van der Waals surface area contributed by atoms with E-state index in [1.54, 1.807) is 0 Å². The molecule has 0 spiro atoms. The first-order chi connectivity index (χ1) is 8.47. The van der Waals surface area contributed by atoms with Gasteiger partial charge in [0, 0.05) is 18.7 Å². The van der Waals surface area contributed by atoms with Gasteiger partial charge in [-0.1, -0.05) is 0 Å². The number of amides is 1. The summed E-state index contributed by atoms with van der Waals surface area (Å²) >= 11 is 0. The highest BCUT2D eigenvalue weighted by Gasteiger charge is 2.26. The van der Waals surface area contributed by atoms with Crippen molar-refractivity contribution < 1.29 is 13.6 Å². The molecule has 3 nitrogen and oxygen atoms in total. The minimum absolute atomic E-state index is 0.113. The summed E-state index contributed by atoms with van der Waals surface area (Å²) in [7, 11) is 0. The summed E-state index contributed by atoms with van der Waals surface area (Å²) < 4.78 is 26.5. The van der Waals surface area contributed by atoms with Crippen LogP contribution in [0.5, 0.6) is 0 Å². The minimum atomic E-state index is -0.832. The second kappa shape index (κ2) is 5.02. The second-order valence-corrected chi connectivity index (χ2v) is 4.89. The highest BCUT2D eigenvalue weighted by Crippen LogP contribution is 2.24.